The van der Waals surface area contributed by atoms with Crippen molar-refractivity contribution in [3.8, 4) is 0 Å². The summed E-state index contributed by atoms with van der Waals surface area (Å²) in [5, 5.41) is 26.6. The highest BCUT2D eigenvalue weighted by atomic mass is 32.2. The number of nitrogens with zero attached hydrogens (tertiary/aromatic N) is 1. The number of aliphatic hydroxyl groups is 1. The fraction of sp³-hybridized carbons (Fsp3) is 0.111. The van der Waals surface area contributed by atoms with E-state index in [4.69, 9.17) is 10.2 Å². The van der Waals surface area contributed by atoms with Crippen LogP contribution in [0.3, 0.4) is 0 Å². The van der Waals surface area contributed by atoms with Crippen molar-refractivity contribution < 1.29 is 29.7 Å². The minimum Gasteiger partial charge on any atom is -0.501 e. The van der Waals surface area contributed by atoms with E-state index in [1.807, 2.05) is 0 Å². The smallest absolute Gasteiger partial charge is 0.372 e. The fourth-order valence-electron chi connectivity index (χ4n) is 0.932. The molecule has 18 heavy (non-hydrogen) atoms. The number of aliphatic hydroxyl groups excluding tert-OH is 1. The Morgan fingerprint density at radius 2 is 1.89 bits per heavy atom. The maximum absolute atomic E-state index is 11.0. The number of carboxylic acid groups (broad SMARTS) is 2. The Labute approximate surface area is 104 Å². The molecule has 9 heteroatoms. The summed E-state index contributed by atoms with van der Waals surface area (Å²) in [6, 6.07) is 0. The molecular formula is C9H8N2O6S. The van der Waals surface area contributed by atoms with Crippen LogP contribution in [0.15, 0.2) is 28.2 Å². The monoisotopic (exact) mass is 272 g/mol. The number of aliphatic carboxylic acids is 2. The molecule has 0 aliphatic heterocycles. The summed E-state index contributed by atoms with van der Waals surface area (Å²) in [6.07, 6.45) is 2.12. The zero-order valence-corrected chi connectivity index (χ0v) is 9.60. The number of aromatic amines is 1. The molecule has 0 radical (unpaired) electrons. The highest BCUT2D eigenvalue weighted by Gasteiger charge is 2.21. The van der Waals surface area contributed by atoms with Gasteiger partial charge in [-0.25, -0.2) is 14.6 Å². The molecule has 0 aromatic carbocycles. The predicted molar refractivity (Wildman–Crippen MR) is 59.0 cm³/mol. The Morgan fingerprint density at radius 3 is 2.33 bits per heavy atom. The Balaban J connectivity index is 2.96. The molecule has 0 unspecified atom stereocenters. The van der Waals surface area contributed by atoms with Gasteiger partial charge in [-0.1, -0.05) is 11.8 Å². The van der Waals surface area contributed by atoms with E-state index in [-0.39, 0.29) is 10.1 Å². The average molecular weight is 272 g/mol. The molecule has 0 atom stereocenters. The van der Waals surface area contributed by atoms with Crippen molar-refractivity contribution >= 4 is 29.5 Å². The second-order valence-corrected chi connectivity index (χ2v) is 4.06. The Kier molecular flexibility index (Phi) is 4.49. The summed E-state index contributed by atoms with van der Waals surface area (Å²) in [5.74, 6) is -5.66. The molecule has 0 aliphatic carbocycles. The van der Waals surface area contributed by atoms with Crippen LogP contribution in [0, 0.1) is 0 Å². The van der Waals surface area contributed by atoms with E-state index in [2.05, 4.69) is 9.97 Å². The maximum atomic E-state index is 11.0. The number of carboxylic acids is 2. The zero-order chi connectivity index (χ0) is 13.7. The summed E-state index contributed by atoms with van der Waals surface area (Å²) in [4.78, 5) is 38.1. The van der Waals surface area contributed by atoms with Gasteiger partial charge in [0.15, 0.2) is 5.16 Å². The molecular weight excluding hydrogens is 264 g/mol. The van der Waals surface area contributed by atoms with E-state index >= 15 is 0 Å². The molecule has 96 valence electrons. The molecule has 0 saturated carbocycles. The van der Waals surface area contributed by atoms with Gasteiger partial charge in [-0.3, -0.25) is 4.79 Å². The number of carbonyl (C=O) groups excluding carboxylic acids is 1. The number of thioether (sulfide) groups is 1. The molecule has 0 saturated heterocycles. The average Bonchev–Trinajstić information content (AvgIpc) is 2.79. The van der Waals surface area contributed by atoms with Crippen LogP contribution in [0.1, 0.15) is 6.42 Å². The summed E-state index contributed by atoms with van der Waals surface area (Å²) >= 11 is 0.676. The van der Waals surface area contributed by atoms with Crippen LogP contribution in [0.4, 0.5) is 0 Å². The molecule has 1 aromatic rings. The lowest BCUT2D eigenvalue weighted by Gasteiger charge is -2.04. The summed E-state index contributed by atoms with van der Waals surface area (Å²) < 4.78 is 0. The van der Waals surface area contributed by atoms with Gasteiger partial charge in [0.1, 0.15) is 0 Å². The van der Waals surface area contributed by atoms with Crippen LogP contribution in [0.5, 0.6) is 0 Å². The minimum atomic E-state index is -1.70. The van der Waals surface area contributed by atoms with Crippen LogP contribution >= 0.6 is 11.8 Å². The van der Waals surface area contributed by atoms with Gasteiger partial charge in [-0.2, -0.15) is 0 Å². The molecule has 4 N–H and O–H groups in total. The van der Waals surface area contributed by atoms with Crippen molar-refractivity contribution in [3.05, 3.63) is 23.1 Å². The van der Waals surface area contributed by atoms with Crippen molar-refractivity contribution in [1.29, 1.82) is 0 Å². The van der Waals surface area contributed by atoms with Gasteiger partial charge in [-0.15, -0.1) is 0 Å². The molecule has 0 spiro atoms. The highest BCUT2D eigenvalue weighted by Crippen LogP contribution is 2.28. The normalized spacial score (nSPS) is 11.8. The van der Waals surface area contributed by atoms with Crippen molar-refractivity contribution in [2.75, 3.05) is 0 Å². The van der Waals surface area contributed by atoms with Crippen molar-refractivity contribution in [2.45, 2.75) is 11.6 Å². The summed E-state index contributed by atoms with van der Waals surface area (Å²) in [6.45, 7) is 0. The molecule has 0 aliphatic rings. The lowest BCUT2D eigenvalue weighted by molar-refractivity contribution is -0.148. The summed E-state index contributed by atoms with van der Waals surface area (Å²) in [5.41, 5.74) is 0. The van der Waals surface area contributed by atoms with Gasteiger partial charge < -0.3 is 20.3 Å². The van der Waals surface area contributed by atoms with Crippen LogP contribution in [0.25, 0.3) is 0 Å². The molecule has 1 aromatic heterocycles. The van der Waals surface area contributed by atoms with Crippen molar-refractivity contribution in [1.82, 2.24) is 9.97 Å². The van der Waals surface area contributed by atoms with Gasteiger partial charge in [0, 0.05) is 12.4 Å². The van der Waals surface area contributed by atoms with E-state index in [1.165, 1.54) is 12.4 Å². The second kappa shape index (κ2) is 5.87. The second-order valence-electron chi connectivity index (χ2n) is 2.98. The first-order chi connectivity index (χ1) is 8.41. The van der Waals surface area contributed by atoms with Crippen LogP contribution < -0.4 is 0 Å². The van der Waals surface area contributed by atoms with Crippen LogP contribution in [-0.2, 0) is 14.4 Å². The number of nitrogens with one attached hydrogen (secondary N) is 1. The number of imidazole rings is 1. The van der Waals surface area contributed by atoms with E-state index in [0.717, 1.165) is 0 Å². The van der Waals surface area contributed by atoms with Gasteiger partial charge in [0.25, 0.3) is 0 Å². The first kappa shape index (κ1) is 13.8. The Bertz CT molecular complexity index is 507. The topological polar surface area (TPSA) is 141 Å². The number of hydrogen-bond donors (Lipinski definition) is 4. The van der Waals surface area contributed by atoms with E-state index in [1.54, 1.807) is 0 Å². The van der Waals surface area contributed by atoms with Crippen molar-refractivity contribution in [3.63, 3.8) is 0 Å². The van der Waals surface area contributed by atoms with Gasteiger partial charge in [-0.05, 0) is 0 Å². The number of carbonyl (C=O) groups is 3. The van der Waals surface area contributed by atoms with E-state index in [9.17, 15) is 19.5 Å². The number of hydrogen-bond acceptors (Lipinski definition) is 6. The first-order valence-electron chi connectivity index (χ1n) is 4.50. The first-order valence-corrected chi connectivity index (χ1v) is 5.32. The van der Waals surface area contributed by atoms with Gasteiger partial charge >= 0.3 is 11.9 Å². The quantitative estimate of drug-likeness (QED) is 0.252. The number of ketones is 1. The largest absolute Gasteiger partial charge is 0.501 e. The highest BCUT2D eigenvalue weighted by molar-refractivity contribution is 8.03. The van der Waals surface area contributed by atoms with E-state index in [0.29, 0.717) is 11.8 Å². The third-order valence-corrected chi connectivity index (χ3v) is 2.72. The maximum Gasteiger partial charge on any atom is 0.372 e. The van der Waals surface area contributed by atoms with Gasteiger partial charge in [0.05, 0.1) is 11.3 Å². The number of rotatable bonds is 6. The molecule has 8 nitrogen and oxygen atoms in total. The SMILES string of the molecule is O=C(O)C(=O)C/C(Sc1ncc[nH]1)=C(\O)C(=O)O. The van der Waals surface area contributed by atoms with E-state index < -0.39 is 29.9 Å². The molecule has 0 amide bonds. The molecule has 0 fully saturated rings. The Morgan fingerprint density at radius 1 is 1.22 bits per heavy atom. The van der Waals surface area contributed by atoms with Crippen molar-refractivity contribution in [2.24, 2.45) is 0 Å². The van der Waals surface area contributed by atoms with Gasteiger partial charge in [0.2, 0.25) is 11.5 Å². The third kappa shape index (κ3) is 3.63. The van der Waals surface area contributed by atoms with Crippen LogP contribution in [0.2, 0.25) is 0 Å². The third-order valence-electron chi connectivity index (χ3n) is 1.72. The van der Waals surface area contributed by atoms with Crippen LogP contribution in [-0.4, -0.2) is 43.0 Å². The zero-order valence-electron chi connectivity index (χ0n) is 8.78. The molecule has 1 heterocycles. The number of allylic oxidation sites excluding steroid dienone is 1. The lowest BCUT2D eigenvalue weighted by Crippen LogP contribution is -2.14. The predicted octanol–water partition coefficient (Wildman–Crippen LogP) is 0.400. The fourth-order valence-corrected chi connectivity index (χ4v) is 1.79. The minimum absolute atomic E-state index is 0.232. The number of H-pyrrole nitrogens is 1. The molecule has 1 rings (SSSR count). The Hall–Kier alpha value is -2.29. The molecule has 0 bridgehead atoms. The summed E-state index contributed by atoms with van der Waals surface area (Å²) in [7, 11) is 0. The lowest BCUT2D eigenvalue weighted by atomic mass is 10.2. The standard InChI is InChI=1S/C9H8N2O6S/c12-4(7(14)15)3-5(6(13)8(16)17)18-9-10-1-2-11-9/h1-2,13H,3H2,(H,10,11)(H,14,15)(H,16,17)/b6-5+. The number of aromatic nitrogens is 2. The number of Topliss-reactive ketones (excluding diaryl/α,β-unsaturated/α-hetero) is 1.